The quantitative estimate of drug-likeness (QED) is 0.255. The third kappa shape index (κ3) is 6.24. The number of morpholine rings is 1. The van der Waals surface area contributed by atoms with Crippen LogP contribution in [0.2, 0.25) is 0 Å². The molecular formula is C40H40N6O6. The molecule has 12 heteroatoms. The van der Waals surface area contributed by atoms with Crippen molar-refractivity contribution in [3.8, 4) is 11.4 Å². The summed E-state index contributed by atoms with van der Waals surface area (Å²) in [5.41, 5.74) is 6.45. The Morgan fingerprint density at radius 1 is 0.865 bits per heavy atom. The number of hydrogen-bond acceptors (Lipinski definition) is 7. The van der Waals surface area contributed by atoms with Crippen LogP contribution in [0, 0.1) is 0 Å². The first-order valence-corrected chi connectivity index (χ1v) is 17.6. The van der Waals surface area contributed by atoms with Crippen molar-refractivity contribution >= 4 is 34.5 Å². The van der Waals surface area contributed by atoms with Crippen molar-refractivity contribution in [2.75, 3.05) is 51.3 Å². The fourth-order valence-corrected chi connectivity index (χ4v) is 7.69. The average molecular weight is 701 g/mol. The zero-order chi connectivity index (χ0) is 35.9. The maximum absolute atomic E-state index is 15.2. The number of carbonyl (C=O) groups excluding carboxylic acids is 2. The van der Waals surface area contributed by atoms with Gasteiger partial charge in [0.2, 0.25) is 0 Å². The number of benzene rings is 4. The van der Waals surface area contributed by atoms with E-state index in [0.717, 1.165) is 29.8 Å². The van der Waals surface area contributed by atoms with E-state index in [4.69, 9.17) is 9.84 Å². The average Bonchev–Trinajstić information content (AvgIpc) is 3.56. The first-order chi connectivity index (χ1) is 25.2. The van der Waals surface area contributed by atoms with Crippen LogP contribution in [0.3, 0.4) is 0 Å². The topological polar surface area (TPSA) is 132 Å². The smallest absolute Gasteiger partial charge is 0.407 e. The van der Waals surface area contributed by atoms with Crippen molar-refractivity contribution in [2.24, 2.45) is 0 Å². The van der Waals surface area contributed by atoms with Gasteiger partial charge in [-0.25, -0.2) is 9.48 Å². The molecule has 0 unspecified atom stereocenters. The molecule has 1 fully saturated rings. The van der Waals surface area contributed by atoms with E-state index >= 15 is 4.79 Å². The molecule has 2 N–H and O–H groups in total. The van der Waals surface area contributed by atoms with Gasteiger partial charge in [-0.05, 0) is 77.6 Å². The monoisotopic (exact) mass is 700 g/mol. The zero-order valence-corrected chi connectivity index (χ0v) is 28.9. The van der Waals surface area contributed by atoms with E-state index in [1.807, 2.05) is 53.4 Å². The summed E-state index contributed by atoms with van der Waals surface area (Å²) in [7, 11) is 1.66. The van der Waals surface area contributed by atoms with Gasteiger partial charge in [-0.2, -0.15) is 5.10 Å². The third-order valence-electron chi connectivity index (χ3n) is 10.6. The van der Waals surface area contributed by atoms with Gasteiger partial charge in [0.1, 0.15) is 5.75 Å². The van der Waals surface area contributed by atoms with E-state index < -0.39 is 6.09 Å². The largest absolute Gasteiger partial charge is 0.508 e. The van der Waals surface area contributed by atoms with Crippen molar-refractivity contribution in [1.29, 1.82) is 0 Å². The van der Waals surface area contributed by atoms with Gasteiger partial charge in [0.05, 0.1) is 30.0 Å². The fourth-order valence-electron chi connectivity index (χ4n) is 7.69. The van der Waals surface area contributed by atoms with E-state index in [9.17, 15) is 19.8 Å². The second kappa shape index (κ2) is 13.8. The summed E-state index contributed by atoms with van der Waals surface area (Å²) >= 11 is 0. The Bertz CT molecular complexity index is 2180. The summed E-state index contributed by atoms with van der Waals surface area (Å²) in [6.07, 6.45) is 0.188. The number of phenols is 1. The van der Waals surface area contributed by atoms with Crippen LogP contribution in [-0.4, -0.2) is 105 Å². The predicted molar refractivity (Wildman–Crippen MR) is 195 cm³/mol. The molecular weight excluding hydrogens is 660 g/mol. The summed E-state index contributed by atoms with van der Waals surface area (Å²) in [5.74, 6) is -0.423. The number of para-hydroxylation sites is 1. The lowest BCUT2D eigenvalue weighted by Crippen LogP contribution is -2.52. The Morgan fingerprint density at radius 2 is 1.60 bits per heavy atom. The van der Waals surface area contributed by atoms with Crippen LogP contribution in [0.5, 0.6) is 5.75 Å². The predicted octanol–water partition coefficient (Wildman–Crippen LogP) is 4.94. The van der Waals surface area contributed by atoms with Crippen LogP contribution in [0.1, 0.15) is 43.1 Å². The van der Waals surface area contributed by atoms with Gasteiger partial charge >= 0.3 is 6.09 Å². The number of aromatic hydroxyl groups is 1. The second-order valence-corrected chi connectivity index (χ2v) is 13.7. The molecule has 1 aromatic heterocycles. The van der Waals surface area contributed by atoms with Crippen LogP contribution in [-0.2, 0) is 30.7 Å². The van der Waals surface area contributed by atoms with Crippen molar-refractivity contribution in [3.05, 3.63) is 118 Å². The molecule has 0 saturated carbocycles. The molecule has 4 heterocycles. The second-order valence-electron chi connectivity index (χ2n) is 13.7. The van der Waals surface area contributed by atoms with Gasteiger partial charge in [-0.1, -0.05) is 42.5 Å². The zero-order valence-electron chi connectivity index (χ0n) is 28.9. The van der Waals surface area contributed by atoms with Crippen molar-refractivity contribution in [3.63, 3.8) is 0 Å². The van der Waals surface area contributed by atoms with Crippen molar-refractivity contribution in [2.45, 2.75) is 32.0 Å². The van der Waals surface area contributed by atoms with Gasteiger partial charge in [0.15, 0.2) is 5.69 Å². The summed E-state index contributed by atoms with van der Waals surface area (Å²) in [4.78, 5) is 48.4. The SMILES string of the molecule is CN(C(=O)c1nn(-c2cc3c(cc2C(=O)N2Cc4ccccc4C[C@H]2CN2CCOCC2)CN(C(=O)O)CC3)c2ccccc12)c1ccc(O)cc1. The number of phenolic OH excluding ortho intramolecular Hbond substituents is 1. The lowest BCUT2D eigenvalue weighted by Gasteiger charge is -2.41. The lowest BCUT2D eigenvalue weighted by atomic mass is 9.91. The van der Waals surface area contributed by atoms with Gasteiger partial charge in [0.25, 0.3) is 11.8 Å². The van der Waals surface area contributed by atoms with Crippen LogP contribution in [0.25, 0.3) is 16.6 Å². The number of anilines is 1. The molecule has 3 aliphatic heterocycles. The molecule has 3 amide bonds. The number of aromatic nitrogens is 2. The molecule has 12 nitrogen and oxygen atoms in total. The van der Waals surface area contributed by atoms with E-state index in [0.29, 0.717) is 73.5 Å². The highest BCUT2D eigenvalue weighted by atomic mass is 16.5. The number of carbonyl (C=O) groups is 3. The molecule has 4 aromatic carbocycles. The number of ether oxygens (including phenoxy) is 1. The maximum Gasteiger partial charge on any atom is 0.407 e. The molecule has 8 rings (SSSR count). The highest BCUT2D eigenvalue weighted by Crippen LogP contribution is 2.33. The van der Waals surface area contributed by atoms with Gasteiger partial charge < -0.3 is 29.6 Å². The number of nitrogens with zero attached hydrogens (tertiary/aromatic N) is 6. The molecule has 0 aliphatic carbocycles. The van der Waals surface area contributed by atoms with Crippen LogP contribution in [0.4, 0.5) is 10.5 Å². The molecule has 5 aromatic rings. The third-order valence-corrected chi connectivity index (χ3v) is 10.6. The van der Waals surface area contributed by atoms with Crippen LogP contribution < -0.4 is 4.90 Å². The molecule has 1 atom stereocenters. The number of amides is 3. The summed E-state index contributed by atoms with van der Waals surface area (Å²) < 4.78 is 7.31. The molecule has 3 aliphatic rings. The van der Waals surface area contributed by atoms with Crippen LogP contribution >= 0.6 is 0 Å². The molecule has 266 valence electrons. The Hall–Kier alpha value is -5.72. The Balaban J connectivity index is 1.25. The minimum atomic E-state index is -1.00. The highest BCUT2D eigenvalue weighted by molar-refractivity contribution is 6.12. The van der Waals surface area contributed by atoms with E-state index in [1.54, 1.807) is 23.9 Å². The minimum Gasteiger partial charge on any atom is -0.508 e. The molecule has 1 saturated heterocycles. The van der Waals surface area contributed by atoms with E-state index in [1.165, 1.54) is 27.5 Å². The standard InChI is InChI=1S/C40H40N6O6/c1-42(30-10-12-32(47)13-11-30)39(49)37-33-8-4-5-9-35(33)46(41-37)36-22-27-14-15-44(40(50)51)23-29(27)21-34(36)38(48)45-24-28-7-3-2-6-26(28)20-31(45)25-43-16-18-52-19-17-43/h2-13,21-22,31,47H,14-20,23-25H2,1H3,(H,50,51)/t31-/m0/s1. The highest BCUT2D eigenvalue weighted by Gasteiger charge is 2.35. The molecule has 52 heavy (non-hydrogen) atoms. The van der Waals surface area contributed by atoms with Gasteiger partial charge in [0, 0.05) is 63.4 Å². The maximum atomic E-state index is 15.2. The number of fused-ring (bicyclic) bond motifs is 3. The summed E-state index contributed by atoms with van der Waals surface area (Å²) in [6.45, 7) is 4.54. The Kier molecular flexibility index (Phi) is 8.85. The lowest BCUT2D eigenvalue weighted by molar-refractivity contribution is 0.0192. The number of rotatable bonds is 6. The molecule has 0 bridgehead atoms. The van der Waals surface area contributed by atoms with E-state index in [-0.39, 0.29) is 35.8 Å². The fraction of sp³-hybridized carbons (Fsp3) is 0.300. The number of carboxylic acid groups (broad SMARTS) is 1. The van der Waals surface area contributed by atoms with Crippen molar-refractivity contribution in [1.82, 2.24) is 24.5 Å². The van der Waals surface area contributed by atoms with Crippen LogP contribution in [0.15, 0.2) is 84.9 Å². The van der Waals surface area contributed by atoms with Gasteiger partial charge in [-0.15, -0.1) is 0 Å². The minimum absolute atomic E-state index is 0.0970. The molecule has 0 radical (unpaired) electrons. The van der Waals surface area contributed by atoms with Crippen molar-refractivity contribution < 1.29 is 29.3 Å². The number of hydrogen-bond donors (Lipinski definition) is 2. The first-order valence-electron chi connectivity index (χ1n) is 17.6. The summed E-state index contributed by atoms with van der Waals surface area (Å²) in [5, 5.41) is 25.2. The summed E-state index contributed by atoms with van der Waals surface area (Å²) in [6, 6.07) is 25.8. The first kappa shape index (κ1) is 33.4. The molecule has 0 spiro atoms. The normalized spacial score (nSPS) is 17.4. The Labute approximate surface area is 301 Å². The van der Waals surface area contributed by atoms with E-state index in [2.05, 4.69) is 17.0 Å². The Morgan fingerprint density at radius 3 is 2.37 bits per heavy atom. The van der Waals surface area contributed by atoms with Gasteiger partial charge in [-0.3, -0.25) is 14.5 Å².